The van der Waals surface area contributed by atoms with E-state index in [1.54, 1.807) is 0 Å². The van der Waals surface area contributed by atoms with Crippen LogP contribution < -0.4 is 0 Å². The molecule has 0 amide bonds. The van der Waals surface area contributed by atoms with Crippen molar-refractivity contribution < 1.29 is 9.84 Å². The van der Waals surface area contributed by atoms with Crippen molar-refractivity contribution in [3.8, 4) is 5.75 Å². The van der Waals surface area contributed by atoms with Crippen molar-refractivity contribution in [3.63, 3.8) is 0 Å². The third-order valence-electron chi connectivity index (χ3n) is 6.26. The third kappa shape index (κ3) is 5.79. The minimum absolute atomic E-state index is 0.0189. The predicted molar refractivity (Wildman–Crippen MR) is 135 cm³/mol. The van der Waals surface area contributed by atoms with Crippen molar-refractivity contribution >= 4 is 11.9 Å². The molecule has 0 aromatic heterocycles. The maximum Gasteiger partial charge on any atom is 0.128 e. The van der Waals surface area contributed by atoms with Gasteiger partial charge in [0.15, 0.2) is 0 Å². The molecule has 1 aliphatic rings. The Hall–Kier alpha value is -2.17. The molecule has 1 N–H and O–H groups in total. The molecule has 4 nitrogen and oxygen atoms in total. The first kappa shape index (κ1) is 24.5. The number of phenolic OH excluding ortho intramolecular Hbond substituents is 1. The number of aliphatic imine (C=N–C) groups is 1. The van der Waals surface area contributed by atoms with Gasteiger partial charge in [-0.2, -0.15) is 0 Å². The summed E-state index contributed by atoms with van der Waals surface area (Å²) in [4.78, 5) is 7.32. The Morgan fingerprint density at radius 2 is 1.62 bits per heavy atom. The van der Waals surface area contributed by atoms with Gasteiger partial charge >= 0.3 is 0 Å². The fraction of sp³-hybridized carbons (Fsp3) is 0.536. The highest BCUT2D eigenvalue weighted by Crippen LogP contribution is 2.36. The summed E-state index contributed by atoms with van der Waals surface area (Å²) in [7, 11) is 0. The zero-order valence-corrected chi connectivity index (χ0v) is 20.9. The normalized spacial score (nSPS) is 15.9. The Labute approximate surface area is 194 Å². The zero-order valence-electron chi connectivity index (χ0n) is 20.9. The van der Waals surface area contributed by atoms with Crippen LogP contribution in [0, 0.1) is 0 Å². The van der Waals surface area contributed by atoms with E-state index in [9.17, 15) is 5.11 Å². The van der Waals surface area contributed by atoms with Crippen molar-refractivity contribution in [2.45, 2.75) is 72.3 Å². The topological polar surface area (TPSA) is 45.1 Å². The summed E-state index contributed by atoms with van der Waals surface area (Å²) in [5.41, 5.74) is 6.46. The SMILES string of the molecule is CC(C)c1cccc(C(C)C)c1N=Cc1cc(C(C)(C)C)cc(CN2CCOCC2)c1O. The number of ether oxygens (including phenoxy) is 1. The largest absolute Gasteiger partial charge is 0.507 e. The van der Waals surface area contributed by atoms with Gasteiger partial charge in [-0.25, -0.2) is 0 Å². The highest BCUT2D eigenvalue weighted by Gasteiger charge is 2.21. The van der Waals surface area contributed by atoms with Gasteiger partial charge in [-0.05, 0) is 40.0 Å². The maximum atomic E-state index is 11.2. The molecule has 0 spiro atoms. The summed E-state index contributed by atoms with van der Waals surface area (Å²) in [6.07, 6.45) is 1.86. The van der Waals surface area contributed by atoms with Gasteiger partial charge in [-0.1, -0.05) is 72.7 Å². The monoisotopic (exact) mass is 436 g/mol. The first-order chi connectivity index (χ1) is 15.1. The quantitative estimate of drug-likeness (QED) is 0.524. The molecule has 1 fully saturated rings. The molecule has 174 valence electrons. The average Bonchev–Trinajstić information content (AvgIpc) is 2.73. The summed E-state index contributed by atoms with van der Waals surface area (Å²) < 4.78 is 5.49. The van der Waals surface area contributed by atoms with Crippen molar-refractivity contribution in [1.82, 2.24) is 4.90 Å². The van der Waals surface area contributed by atoms with E-state index in [1.807, 2.05) is 6.21 Å². The smallest absolute Gasteiger partial charge is 0.128 e. The standard InChI is InChI=1S/C28H40N2O2/c1-19(2)24-9-8-10-25(20(3)4)26(24)29-17-21-15-23(28(5,6)7)16-22(27(21)31)18-30-11-13-32-14-12-30/h8-10,15-17,19-20,31H,11-14,18H2,1-7H3. The van der Waals surface area contributed by atoms with Crippen LogP contribution in [0.3, 0.4) is 0 Å². The summed E-state index contributed by atoms with van der Waals surface area (Å²) >= 11 is 0. The van der Waals surface area contributed by atoms with Crippen LogP contribution in [-0.4, -0.2) is 42.5 Å². The minimum atomic E-state index is -0.0189. The van der Waals surface area contributed by atoms with Crippen LogP contribution in [0.25, 0.3) is 0 Å². The van der Waals surface area contributed by atoms with Crippen LogP contribution in [0.4, 0.5) is 5.69 Å². The van der Waals surface area contributed by atoms with Crippen molar-refractivity contribution in [1.29, 1.82) is 0 Å². The highest BCUT2D eigenvalue weighted by atomic mass is 16.5. The molecule has 1 heterocycles. The highest BCUT2D eigenvalue weighted by molar-refractivity contribution is 5.87. The number of benzene rings is 2. The minimum Gasteiger partial charge on any atom is -0.507 e. The molecule has 0 aliphatic carbocycles. The van der Waals surface area contributed by atoms with Gasteiger partial charge in [-0.15, -0.1) is 0 Å². The Morgan fingerprint density at radius 3 is 2.16 bits per heavy atom. The lowest BCUT2D eigenvalue weighted by Gasteiger charge is -2.28. The maximum absolute atomic E-state index is 11.2. The number of nitrogens with zero attached hydrogens (tertiary/aromatic N) is 2. The van der Waals surface area contributed by atoms with E-state index in [2.05, 4.69) is 83.7 Å². The van der Waals surface area contributed by atoms with E-state index in [4.69, 9.17) is 9.73 Å². The van der Waals surface area contributed by atoms with Crippen LogP contribution >= 0.6 is 0 Å². The second-order valence-corrected chi connectivity index (χ2v) is 10.6. The molecule has 0 radical (unpaired) electrons. The molecular formula is C28H40N2O2. The summed E-state index contributed by atoms with van der Waals surface area (Å²) in [5.74, 6) is 1.10. The number of morpholine rings is 1. The second-order valence-electron chi connectivity index (χ2n) is 10.6. The molecule has 1 aliphatic heterocycles. The number of phenols is 1. The molecule has 32 heavy (non-hydrogen) atoms. The molecule has 2 aromatic rings. The fourth-order valence-electron chi connectivity index (χ4n) is 4.17. The summed E-state index contributed by atoms with van der Waals surface area (Å²) in [6.45, 7) is 19.5. The van der Waals surface area contributed by atoms with E-state index in [1.165, 1.54) is 16.7 Å². The molecule has 1 saturated heterocycles. The van der Waals surface area contributed by atoms with Crippen LogP contribution in [0.2, 0.25) is 0 Å². The predicted octanol–water partition coefficient (Wildman–Crippen LogP) is 6.52. The van der Waals surface area contributed by atoms with Gasteiger partial charge in [0.2, 0.25) is 0 Å². The second kappa shape index (κ2) is 10.2. The van der Waals surface area contributed by atoms with E-state index < -0.39 is 0 Å². The Morgan fingerprint density at radius 1 is 1.03 bits per heavy atom. The van der Waals surface area contributed by atoms with Gasteiger partial charge in [0.05, 0.1) is 18.9 Å². The average molecular weight is 437 g/mol. The Kier molecular flexibility index (Phi) is 7.79. The van der Waals surface area contributed by atoms with Crippen molar-refractivity contribution in [3.05, 3.63) is 58.1 Å². The van der Waals surface area contributed by atoms with Crippen LogP contribution in [-0.2, 0) is 16.7 Å². The fourth-order valence-corrected chi connectivity index (χ4v) is 4.17. The zero-order chi connectivity index (χ0) is 23.5. The van der Waals surface area contributed by atoms with Crippen LogP contribution in [0.5, 0.6) is 5.75 Å². The molecule has 4 heteroatoms. The first-order valence-electron chi connectivity index (χ1n) is 11.9. The van der Waals surface area contributed by atoms with Crippen LogP contribution in [0.1, 0.15) is 88.1 Å². The van der Waals surface area contributed by atoms with E-state index in [0.29, 0.717) is 17.6 Å². The molecule has 0 unspecified atom stereocenters. The molecule has 3 rings (SSSR count). The molecule has 0 bridgehead atoms. The first-order valence-corrected chi connectivity index (χ1v) is 11.9. The number of rotatable bonds is 6. The van der Waals surface area contributed by atoms with E-state index in [0.717, 1.165) is 49.7 Å². The van der Waals surface area contributed by atoms with Gasteiger partial charge in [-0.3, -0.25) is 9.89 Å². The number of para-hydroxylation sites is 1. The Bertz CT molecular complexity index is 922. The van der Waals surface area contributed by atoms with Gasteiger partial charge in [0.1, 0.15) is 5.75 Å². The lowest BCUT2D eigenvalue weighted by molar-refractivity contribution is 0.0338. The molecular weight excluding hydrogens is 396 g/mol. The van der Waals surface area contributed by atoms with E-state index >= 15 is 0 Å². The molecule has 2 aromatic carbocycles. The number of hydrogen-bond acceptors (Lipinski definition) is 4. The summed E-state index contributed by atoms with van der Waals surface area (Å²) in [5, 5.41) is 11.2. The van der Waals surface area contributed by atoms with Crippen molar-refractivity contribution in [2.75, 3.05) is 26.3 Å². The Balaban J connectivity index is 2.06. The lowest BCUT2D eigenvalue weighted by atomic mass is 9.84. The number of hydrogen-bond donors (Lipinski definition) is 1. The van der Waals surface area contributed by atoms with Gasteiger partial charge in [0, 0.05) is 37.0 Å². The van der Waals surface area contributed by atoms with Gasteiger partial charge < -0.3 is 9.84 Å². The van der Waals surface area contributed by atoms with Gasteiger partial charge in [0.25, 0.3) is 0 Å². The summed E-state index contributed by atoms with van der Waals surface area (Å²) in [6, 6.07) is 10.7. The van der Waals surface area contributed by atoms with Crippen LogP contribution in [0.15, 0.2) is 35.3 Å². The van der Waals surface area contributed by atoms with E-state index in [-0.39, 0.29) is 5.41 Å². The molecule has 0 atom stereocenters. The number of aromatic hydroxyl groups is 1. The molecule has 0 saturated carbocycles. The third-order valence-corrected chi connectivity index (χ3v) is 6.26. The van der Waals surface area contributed by atoms with Crippen molar-refractivity contribution in [2.24, 2.45) is 4.99 Å². The lowest BCUT2D eigenvalue weighted by Crippen LogP contribution is -2.35.